The zero-order valence-electron chi connectivity index (χ0n) is 13.7. The van der Waals surface area contributed by atoms with Gasteiger partial charge in [0.05, 0.1) is 5.69 Å². The van der Waals surface area contributed by atoms with Crippen molar-refractivity contribution in [3.8, 4) is 17.1 Å². The van der Waals surface area contributed by atoms with Gasteiger partial charge in [-0.3, -0.25) is 9.69 Å². The minimum absolute atomic E-state index is 0.153. The van der Waals surface area contributed by atoms with Crippen LogP contribution in [0.1, 0.15) is 5.76 Å². The monoisotopic (exact) mass is 355 g/mol. The van der Waals surface area contributed by atoms with Crippen molar-refractivity contribution in [1.82, 2.24) is 10.1 Å². The van der Waals surface area contributed by atoms with Gasteiger partial charge in [-0.2, -0.15) is 0 Å². The third-order valence-electron chi connectivity index (χ3n) is 3.36. The summed E-state index contributed by atoms with van der Waals surface area (Å²) in [4.78, 5) is 18.6. The van der Waals surface area contributed by atoms with Gasteiger partial charge in [0.25, 0.3) is 11.8 Å². The van der Waals surface area contributed by atoms with E-state index in [-0.39, 0.29) is 18.4 Å². The number of amides is 1. The van der Waals surface area contributed by atoms with Crippen LogP contribution >= 0.6 is 11.3 Å². The summed E-state index contributed by atoms with van der Waals surface area (Å²) in [6, 6.07) is 11.4. The van der Waals surface area contributed by atoms with Crippen LogP contribution in [0.15, 0.2) is 59.0 Å². The number of anilines is 1. The van der Waals surface area contributed by atoms with Crippen LogP contribution in [0.4, 0.5) is 5.13 Å². The van der Waals surface area contributed by atoms with Gasteiger partial charge in [-0.05, 0) is 12.1 Å². The molecule has 0 saturated carbocycles. The van der Waals surface area contributed by atoms with Crippen molar-refractivity contribution in [2.45, 2.75) is 6.92 Å². The number of thiazole rings is 1. The second-order valence-corrected chi connectivity index (χ2v) is 6.08. The number of aryl methyl sites for hydroxylation is 1. The molecule has 0 aliphatic rings. The summed E-state index contributed by atoms with van der Waals surface area (Å²) in [6.45, 7) is 5.66. The van der Waals surface area contributed by atoms with Gasteiger partial charge >= 0.3 is 0 Å². The zero-order valence-corrected chi connectivity index (χ0v) is 14.5. The molecule has 3 rings (SSSR count). The number of hydrogen-bond acceptors (Lipinski definition) is 6. The zero-order chi connectivity index (χ0) is 17.6. The van der Waals surface area contributed by atoms with Gasteiger partial charge in [-0.1, -0.05) is 36.4 Å². The van der Waals surface area contributed by atoms with Crippen LogP contribution in [-0.4, -0.2) is 29.2 Å². The van der Waals surface area contributed by atoms with Crippen molar-refractivity contribution in [1.29, 1.82) is 0 Å². The molecule has 0 aliphatic heterocycles. The molecule has 1 aromatic carbocycles. The highest BCUT2D eigenvalue weighted by molar-refractivity contribution is 7.14. The van der Waals surface area contributed by atoms with Gasteiger partial charge < -0.3 is 9.26 Å². The summed E-state index contributed by atoms with van der Waals surface area (Å²) in [5.74, 6) is 0.681. The predicted octanol–water partition coefficient (Wildman–Crippen LogP) is 3.70. The van der Waals surface area contributed by atoms with Crippen molar-refractivity contribution in [3.05, 3.63) is 60.2 Å². The summed E-state index contributed by atoms with van der Waals surface area (Å²) < 4.78 is 10.3. The van der Waals surface area contributed by atoms with E-state index in [1.165, 1.54) is 16.2 Å². The third kappa shape index (κ3) is 4.13. The number of ether oxygens (including phenoxy) is 1. The molecule has 0 fully saturated rings. The predicted molar refractivity (Wildman–Crippen MR) is 96.8 cm³/mol. The fraction of sp³-hybridized carbons (Fsp3) is 0.167. The second kappa shape index (κ2) is 7.76. The van der Waals surface area contributed by atoms with Gasteiger partial charge in [0.15, 0.2) is 11.7 Å². The molecular formula is C18H17N3O3S. The second-order valence-electron chi connectivity index (χ2n) is 5.24. The number of rotatable bonds is 7. The largest absolute Gasteiger partial charge is 0.465 e. The van der Waals surface area contributed by atoms with E-state index >= 15 is 0 Å². The Morgan fingerprint density at radius 2 is 2.20 bits per heavy atom. The average molecular weight is 355 g/mol. The topological polar surface area (TPSA) is 68.5 Å². The highest BCUT2D eigenvalue weighted by Crippen LogP contribution is 2.27. The van der Waals surface area contributed by atoms with E-state index < -0.39 is 0 Å². The SMILES string of the molecule is C=CCN(C(=O)COc1cc(C)on1)c1nc(-c2ccccc2)cs1. The van der Waals surface area contributed by atoms with Crippen molar-refractivity contribution >= 4 is 22.4 Å². The Labute approximate surface area is 149 Å². The van der Waals surface area contributed by atoms with Crippen molar-refractivity contribution in [3.63, 3.8) is 0 Å². The fourth-order valence-electron chi connectivity index (χ4n) is 2.17. The maximum Gasteiger partial charge on any atom is 0.267 e. The summed E-state index contributed by atoms with van der Waals surface area (Å²) in [5, 5.41) is 6.24. The first-order valence-corrected chi connectivity index (χ1v) is 8.53. The maximum atomic E-state index is 12.5. The number of aromatic nitrogens is 2. The molecule has 0 bridgehead atoms. The van der Waals surface area contributed by atoms with Crippen LogP contribution in [-0.2, 0) is 4.79 Å². The Kier molecular flexibility index (Phi) is 5.25. The molecule has 0 saturated heterocycles. The molecule has 2 aromatic heterocycles. The van der Waals surface area contributed by atoms with E-state index in [1.54, 1.807) is 19.1 Å². The molecule has 6 nitrogen and oxygen atoms in total. The molecule has 128 valence electrons. The molecule has 0 atom stereocenters. The first-order chi connectivity index (χ1) is 12.2. The Bertz CT molecular complexity index is 857. The van der Waals surface area contributed by atoms with E-state index in [2.05, 4.69) is 16.7 Å². The van der Waals surface area contributed by atoms with Gasteiger partial charge in [-0.25, -0.2) is 4.98 Å². The highest BCUT2D eigenvalue weighted by Gasteiger charge is 2.19. The minimum Gasteiger partial charge on any atom is -0.465 e. The van der Waals surface area contributed by atoms with Crippen molar-refractivity contribution in [2.24, 2.45) is 0 Å². The van der Waals surface area contributed by atoms with Crippen LogP contribution in [0.2, 0.25) is 0 Å². The van der Waals surface area contributed by atoms with E-state index in [9.17, 15) is 4.79 Å². The maximum absolute atomic E-state index is 12.5. The van der Waals surface area contributed by atoms with E-state index in [4.69, 9.17) is 9.26 Å². The number of benzene rings is 1. The Morgan fingerprint density at radius 1 is 1.40 bits per heavy atom. The molecule has 0 aliphatic carbocycles. The lowest BCUT2D eigenvalue weighted by atomic mass is 10.2. The molecule has 3 aromatic rings. The molecule has 7 heteroatoms. The number of hydrogen-bond donors (Lipinski definition) is 0. The van der Waals surface area contributed by atoms with Crippen LogP contribution in [0.25, 0.3) is 11.3 Å². The third-order valence-corrected chi connectivity index (χ3v) is 4.22. The Hall–Kier alpha value is -2.93. The smallest absolute Gasteiger partial charge is 0.267 e. The Balaban J connectivity index is 1.73. The van der Waals surface area contributed by atoms with Gasteiger partial charge in [0, 0.05) is 23.6 Å². The van der Waals surface area contributed by atoms with E-state index in [1.807, 2.05) is 35.7 Å². The summed E-state index contributed by atoms with van der Waals surface area (Å²) >= 11 is 1.40. The molecule has 25 heavy (non-hydrogen) atoms. The average Bonchev–Trinajstić information content (AvgIpc) is 3.27. The first kappa shape index (κ1) is 16.9. The van der Waals surface area contributed by atoms with E-state index in [0.717, 1.165) is 11.3 Å². The summed E-state index contributed by atoms with van der Waals surface area (Å²) in [6.07, 6.45) is 1.65. The highest BCUT2D eigenvalue weighted by atomic mass is 32.1. The van der Waals surface area contributed by atoms with Crippen LogP contribution in [0.3, 0.4) is 0 Å². The summed E-state index contributed by atoms with van der Waals surface area (Å²) in [5.41, 5.74) is 1.83. The van der Waals surface area contributed by atoms with Crippen LogP contribution in [0.5, 0.6) is 5.88 Å². The van der Waals surface area contributed by atoms with Gasteiger partial charge in [0.1, 0.15) is 5.76 Å². The number of carbonyl (C=O) groups is 1. The first-order valence-electron chi connectivity index (χ1n) is 7.65. The molecule has 0 spiro atoms. The molecular weight excluding hydrogens is 338 g/mol. The Morgan fingerprint density at radius 3 is 2.88 bits per heavy atom. The molecule has 0 unspecified atom stereocenters. The van der Waals surface area contributed by atoms with Gasteiger partial charge in [-0.15, -0.1) is 17.9 Å². The minimum atomic E-state index is -0.227. The fourth-order valence-corrected chi connectivity index (χ4v) is 3.03. The van der Waals surface area contributed by atoms with Crippen LogP contribution < -0.4 is 9.64 Å². The number of carbonyl (C=O) groups excluding carboxylic acids is 1. The molecule has 1 amide bonds. The van der Waals surface area contributed by atoms with E-state index in [0.29, 0.717) is 17.4 Å². The standard InChI is InChI=1S/C18H17N3O3S/c1-3-9-21(17(22)11-23-16-10-13(2)24-20-16)18-19-15(12-25-18)14-7-5-4-6-8-14/h3-8,10,12H,1,9,11H2,2H3. The molecule has 0 N–H and O–H groups in total. The lowest BCUT2D eigenvalue weighted by Crippen LogP contribution is -2.35. The molecule has 0 radical (unpaired) electrons. The quantitative estimate of drug-likeness (QED) is 0.605. The lowest BCUT2D eigenvalue weighted by Gasteiger charge is -2.17. The number of nitrogens with zero attached hydrogens (tertiary/aromatic N) is 3. The normalized spacial score (nSPS) is 10.4. The lowest BCUT2D eigenvalue weighted by molar-refractivity contribution is -0.120. The summed E-state index contributed by atoms with van der Waals surface area (Å²) in [7, 11) is 0. The van der Waals surface area contributed by atoms with Gasteiger partial charge in [0.2, 0.25) is 0 Å². The van der Waals surface area contributed by atoms with Crippen LogP contribution in [0, 0.1) is 6.92 Å². The van der Waals surface area contributed by atoms with Crippen molar-refractivity contribution < 1.29 is 14.1 Å². The van der Waals surface area contributed by atoms with Crippen molar-refractivity contribution in [2.75, 3.05) is 18.1 Å². The molecule has 2 heterocycles.